The number of nitrogens with one attached hydrogen (secondary N) is 1. The Bertz CT molecular complexity index is 829. The van der Waals surface area contributed by atoms with Crippen molar-refractivity contribution in [1.82, 2.24) is 20.7 Å². The Kier molecular flexibility index (Phi) is 5.94. The maximum Gasteiger partial charge on any atom is 0.220 e. The second kappa shape index (κ2) is 8.77. The predicted molar refractivity (Wildman–Crippen MR) is 108 cm³/mol. The van der Waals surface area contributed by atoms with Crippen molar-refractivity contribution < 1.29 is 14.1 Å². The Morgan fingerprint density at radius 2 is 2.07 bits per heavy atom. The maximum atomic E-state index is 12.4. The second-order valence-corrected chi connectivity index (χ2v) is 7.67. The molecule has 9 nitrogen and oxygen atoms in total. The van der Waals surface area contributed by atoms with E-state index in [4.69, 9.17) is 9.26 Å². The number of carbonyl (C=O) groups excluding carboxylic acids is 1. The number of hydrogen-bond acceptors (Lipinski definition) is 8. The van der Waals surface area contributed by atoms with E-state index >= 15 is 0 Å². The lowest BCUT2D eigenvalue weighted by Crippen LogP contribution is -2.38. The van der Waals surface area contributed by atoms with Crippen molar-refractivity contribution in [2.45, 2.75) is 39.2 Å². The molecule has 2 saturated heterocycles. The molecule has 0 aromatic carbocycles. The Labute approximate surface area is 170 Å². The quantitative estimate of drug-likeness (QED) is 0.774. The fourth-order valence-corrected chi connectivity index (χ4v) is 3.98. The van der Waals surface area contributed by atoms with Crippen LogP contribution < -0.4 is 15.1 Å². The molecule has 2 fully saturated rings. The molecule has 1 amide bonds. The first-order valence-electron chi connectivity index (χ1n) is 10.2. The monoisotopic (exact) mass is 400 g/mol. The average molecular weight is 400 g/mol. The molecule has 4 heterocycles. The van der Waals surface area contributed by atoms with Gasteiger partial charge in [-0.05, 0) is 26.7 Å². The van der Waals surface area contributed by atoms with Crippen molar-refractivity contribution >= 4 is 17.4 Å². The van der Waals surface area contributed by atoms with Crippen LogP contribution in [0.4, 0.5) is 11.5 Å². The summed E-state index contributed by atoms with van der Waals surface area (Å²) in [6, 6.07) is 2.21. The van der Waals surface area contributed by atoms with E-state index in [1.807, 2.05) is 13.8 Å². The lowest BCUT2D eigenvalue weighted by atomic mass is 10.1. The predicted octanol–water partition coefficient (Wildman–Crippen LogP) is 1.25. The molecule has 1 atom stereocenters. The van der Waals surface area contributed by atoms with Gasteiger partial charge in [0.2, 0.25) is 5.91 Å². The summed E-state index contributed by atoms with van der Waals surface area (Å²) < 4.78 is 10.6. The fourth-order valence-electron chi connectivity index (χ4n) is 3.98. The van der Waals surface area contributed by atoms with Gasteiger partial charge in [-0.25, -0.2) is 0 Å². The van der Waals surface area contributed by atoms with Crippen LogP contribution in [0.5, 0.6) is 0 Å². The minimum absolute atomic E-state index is 0.0602. The average Bonchev–Trinajstić information content (AvgIpc) is 3.34. The van der Waals surface area contributed by atoms with Crippen molar-refractivity contribution in [3.63, 3.8) is 0 Å². The molecule has 2 aromatic heterocycles. The highest BCUT2D eigenvalue weighted by Gasteiger charge is 2.26. The van der Waals surface area contributed by atoms with E-state index < -0.39 is 0 Å². The number of morpholine rings is 1. The van der Waals surface area contributed by atoms with Crippen LogP contribution in [0.25, 0.3) is 0 Å². The van der Waals surface area contributed by atoms with Crippen molar-refractivity contribution in [3.8, 4) is 0 Å². The summed E-state index contributed by atoms with van der Waals surface area (Å²) in [4.78, 5) is 16.9. The lowest BCUT2D eigenvalue weighted by molar-refractivity contribution is -0.121. The molecule has 0 saturated carbocycles. The molecule has 29 heavy (non-hydrogen) atoms. The second-order valence-electron chi connectivity index (χ2n) is 7.67. The van der Waals surface area contributed by atoms with Gasteiger partial charge >= 0.3 is 0 Å². The van der Waals surface area contributed by atoms with Crippen LogP contribution in [-0.4, -0.2) is 66.7 Å². The maximum absolute atomic E-state index is 12.4. The van der Waals surface area contributed by atoms with Gasteiger partial charge in [-0.2, -0.15) is 5.10 Å². The summed E-state index contributed by atoms with van der Waals surface area (Å²) in [5.41, 5.74) is 2.97. The first-order valence-corrected chi connectivity index (χ1v) is 10.2. The smallest absolute Gasteiger partial charge is 0.220 e. The molecule has 0 bridgehead atoms. The molecular weight excluding hydrogens is 372 g/mol. The third-order valence-corrected chi connectivity index (χ3v) is 5.66. The van der Waals surface area contributed by atoms with E-state index in [2.05, 4.69) is 36.5 Å². The van der Waals surface area contributed by atoms with Gasteiger partial charge in [0.1, 0.15) is 5.76 Å². The lowest BCUT2D eigenvalue weighted by Gasteiger charge is -2.29. The van der Waals surface area contributed by atoms with Gasteiger partial charge in [0.05, 0.1) is 30.8 Å². The van der Waals surface area contributed by atoms with Crippen molar-refractivity contribution in [3.05, 3.63) is 29.3 Å². The summed E-state index contributed by atoms with van der Waals surface area (Å²) in [6.07, 6.45) is 3.79. The zero-order valence-corrected chi connectivity index (χ0v) is 17.1. The first kappa shape index (κ1) is 19.6. The molecule has 1 N–H and O–H groups in total. The molecule has 0 spiro atoms. The van der Waals surface area contributed by atoms with Gasteiger partial charge < -0.3 is 24.4 Å². The molecule has 9 heteroatoms. The summed E-state index contributed by atoms with van der Waals surface area (Å²) in [7, 11) is 0. The first-order chi connectivity index (χ1) is 14.1. The van der Waals surface area contributed by atoms with Gasteiger partial charge in [0, 0.05) is 50.3 Å². The number of aromatic nitrogens is 3. The summed E-state index contributed by atoms with van der Waals surface area (Å²) in [5.74, 6) is 1.72. The van der Waals surface area contributed by atoms with Gasteiger partial charge in [-0.3, -0.25) is 4.79 Å². The number of aryl methyl sites for hydroxylation is 2. The van der Waals surface area contributed by atoms with Crippen LogP contribution in [-0.2, 0) is 16.0 Å². The van der Waals surface area contributed by atoms with Gasteiger partial charge in [-0.15, -0.1) is 5.10 Å². The SMILES string of the molecule is Cc1noc(C)c1CCC(=O)NC1CCN(c2cc(N3CCOCC3)cnn2)C1. The topological polar surface area (TPSA) is 96.6 Å². The summed E-state index contributed by atoms with van der Waals surface area (Å²) >= 11 is 0. The van der Waals surface area contributed by atoms with Crippen LogP contribution in [0.3, 0.4) is 0 Å². The standard InChI is InChI=1S/C20H28N6O3/c1-14-18(15(2)29-24-14)3-4-20(27)22-16-5-6-26(13-16)19-11-17(12-21-23-19)25-7-9-28-10-8-25/h11-12,16H,3-10,13H2,1-2H3,(H,22,27). The molecule has 2 aliphatic rings. The number of hydrogen-bond donors (Lipinski definition) is 1. The molecule has 0 aliphatic carbocycles. The Morgan fingerprint density at radius 1 is 1.24 bits per heavy atom. The molecule has 2 aromatic rings. The summed E-state index contributed by atoms with van der Waals surface area (Å²) in [6.45, 7) is 8.61. The van der Waals surface area contributed by atoms with Crippen LogP contribution in [0.15, 0.2) is 16.8 Å². The molecule has 0 radical (unpaired) electrons. The molecule has 156 valence electrons. The van der Waals surface area contributed by atoms with Crippen molar-refractivity contribution in [2.24, 2.45) is 0 Å². The van der Waals surface area contributed by atoms with Crippen molar-refractivity contribution in [2.75, 3.05) is 49.2 Å². The van der Waals surface area contributed by atoms with E-state index in [-0.39, 0.29) is 11.9 Å². The van der Waals surface area contributed by atoms with Crippen LogP contribution in [0.1, 0.15) is 29.9 Å². The summed E-state index contributed by atoms with van der Waals surface area (Å²) in [5, 5.41) is 15.6. The van der Waals surface area contributed by atoms with E-state index in [1.165, 1.54) is 0 Å². The third kappa shape index (κ3) is 4.67. The normalized spacial score (nSPS) is 19.6. The minimum atomic E-state index is 0.0602. The van der Waals surface area contributed by atoms with Crippen LogP contribution in [0, 0.1) is 13.8 Å². The van der Waals surface area contributed by atoms with E-state index in [0.717, 1.165) is 74.3 Å². The molecule has 2 aliphatic heterocycles. The highest BCUT2D eigenvalue weighted by atomic mass is 16.5. The van der Waals surface area contributed by atoms with Gasteiger partial charge in [0.15, 0.2) is 5.82 Å². The molecular formula is C20H28N6O3. The molecule has 4 rings (SSSR count). The van der Waals surface area contributed by atoms with Gasteiger partial charge in [0.25, 0.3) is 0 Å². The highest BCUT2D eigenvalue weighted by Crippen LogP contribution is 2.23. The number of ether oxygens (including phenoxy) is 1. The zero-order chi connectivity index (χ0) is 20.2. The number of amides is 1. The minimum Gasteiger partial charge on any atom is -0.378 e. The number of anilines is 2. The Hall–Kier alpha value is -2.68. The van der Waals surface area contributed by atoms with Crippen LogP contribution in [0.2, 0.25) is 0 Å². The Balaban J connectivity index is 1.29. The van der Waals surface area contributed by atoms with E-state index in [0.29, 0.717) is 12.8 Å². The van der Waals surface area contributed by atoms with Crippen LogP contribution >= 0.6 is 0 Å². The number of carbonyl (C=O) groups is 1. The zero-order valence-electron chi connectivity index (χ0n) is 17.1. The number of rotatable bonds is 6. The molecule has 1 unspecified atom stereocenters. The van der Waals surface area contributed by atoms with E-state index in [9.17, 15) is 4.79 Å². The van der Waals surface area contributed by atoms with Crippen molar-refractivity contribution in [1.29, 1.82) is 0 Å². The van der Waals surface area contributed by atoms with Gasteiger partial charge in [-0.1, -0.05) is 5.16 Å². The Morgan fingerprint density at radius 3 is 2.83 bits per heavy atom. The highest BCUT2D eigenvalue weighted by molar-refractivity contribution is 5.76. The fraction of sp³-hybridized carbons (Fsp3) is 0.600. The third-order valence-electron chi connectivity index (χ3n) is 5.66. The number of nitrogens with zero attached hydrogens (tertiary/aromatic N) is 5. The largest absolute Gasteiger partial charge is 0.378 e. The van der Waals surface area contributed by atoms with E-state index in [1.54, 1.807) is 6.20 Å².